The van der Waals surface area contributed by atoms with Crippen molar-refractivity contribution in [2.24, 2.45) is 0 Å². The van der Waals surface area contributed by atoms with E-state index >= 15 is 0 Å². The van der Waals surface area contributed by atoms with Crippen LogP contribution in [0, 0.1) is 5.82 Å². The summed E-state index contributed by atoms with van der Waals surface area (Å²) in [7, 11) is 4.88. The summed E-state index contributed by atoms with van der Waals surface area (Å²) < 4.78 is 28.7. The van der Waals surface area contributed by atoms with Gasteiger partial charge in [0.1, 0.15) is 5.82 Å². The standard InChI is InChI=1S/C21H22FN3O4/c1-25(13-14-4-9-17(27-2)18(12-14)28-3)20(26)11-10-19-23-21(24-29-19)15-5-7-16(22)8-6-15/h4-9,12H,10-11,13H2,1-3H3. The fourth-order valence-electron chi connectivity index (χ4n) is 2.82. The van der Waals surface area contributed by atoms with Crippen LogP contribution in [-0.2, 0) is 17.8 Å². The van der Waals surface area contributed by atoms with Gasteiger partial charge < -0.3 is 18.9 Å². The molecule has 0 unspecified atom stereocenters. The van der Waals surface area contributed by atoms with Gasteiger partial charge in [-0.2, -0.15) is 4.98 Å². The highest BCUT2D eigenvalue weighted by Crippen LogP contribution is 2.28. The third kappa shape index (κ3) is 5.10. The molecule has 1 aromatic heterocycles. The van der Waals surface area contributed by atoms with Crippen molar-refractivity contribution in [1.82, 2.24) is 15.0 Å². The van der Waals surface area contributed by atoms with Gasteiger partial charge in [-0.3, -0.25) is 4.79 Å². The number of carbonyl (C=O) groups excluding carboxylic acids is 1. The zero-order chi connectivity index (χ0) is 20.8. The summed E-state index contributed by atoms with van der Waals surface area (Å²) in [6.07, 6.45) is 0.554. The minimum Gasteiger partial charge on any atom is -0.493 e. The Balaban J connectivity index is 1.56. The van der Waals surface area contributed by atoms with Gasteiger partial charge in [0.15, 0.2) is 11.5 Å². The molecule has 7 nitrogen and oxygen atoms in total. The molecule has 0 saturated carbocycles. The molecule has 0 bridgehead atoms. The highest BCUT2D eigenvalue weighted by atomic mass is 19.1. The van der Waals surface area contributed by atoms with Gasteiger partial charge in [-0.25, -0.2) is 4.39 Å². The Hall–Kier alpha value is -3.42. The number of nitrogens with zero attached hydrogens (tertiary/aromatic N) is 3. The smallest absolute Gasteiger partial charge is 0.227 e. The lowest BCUT2D eigenvalue weighted by Gasteiger charge is -2.18. The number of benzene rings is 2. The van der Waals surface area contributed by atoms with Crippen molar-refractivity contribution in [3.05, 3.63) is 59.7 Å². The number of aryl methyl sites for hydroxylation is 1. The van der Waals surface area contributed by atoms with Crippen molar-refractivity contribution < 1.29 is 23.2 Å². The van der Waals surface area contributed by atoms with Crippen LogP contribution in [0.2, 0.25) is 0 Å². The van der Waals surface area contributed by atoms with E-state index in [1.807, 2.05) is 18.2 Å². The highest BCUT2D eigenvalue weighted by molar-refractivity contribution is 5.76. The van der Waals surface area contributed by atoms with Crippen LogP contribution >= 0.6 is 0 Å². The monoisotopic (exact) mass is 399 g/mol. The van der Waals surface area contributed by atoms with Gasteiger partial charge in [-0.15, -0.1) is 0 Å². The van der Waals surface area contributed by atoms with Crippen molar-refractivity contribution in [1.29, 1.82) is 0 Å². The molecule has 0 atom stereocenters. The maximum atomic E-state index is 13.0. The molecule has 29 heavy (non-hydrogen) atoms. The number of aromatic nitrogens is 2. The molecule has 2 aromatic carbocycles. The number of methoxy groups -OCH3 is 2. The molecule has 0 fully saturated rings. The normalized spacial score (nSPS) is 10.6. The first-order valence-electron chi connectivity index (χ1n) is 9.03. The van der Waals surface area contributed by atoms with E-state index in [2.05, 4.69) is 10.1 Å². The van der Waals surface area contributed by atoms with Crippen LogP contribution in [-0.4, -0.2) is 42.2 Å². The molecule has 0 aliphatic heterocycles. The van der Waals surface area contributed by atoms with Crippen molar-refractivity contribution in [3.63, 3.8) is 0 Å². The van der Waals surface area contributed by atoms with Gasteiger partial charge in [0.25, 0.3) is 0 Å². The van der Waals surface area contributed by atoms with Crippen LogP contribution in [0.25, 0.3) is 11.4 Å². The number of amides is 1. The zero-order valence-electron chi connectivity index (χ0n) is 16.5. The molecule has 152 valence electrons. The number of hydrogen-bond donors (Lipinski definition) is 0. The first-order chi connectivity index (χ1) is 14.0. The maximum absolute atomic E-state index is 13.0. The fourth-order valence-corrected chi connectivity index (χ4v) is 2.82. The van der Waals surface area contributed by atoms with E-state index in [-0.39, 0.29) is 18.1 Å². The highest BCUT2D eigenvalue weighted by Gasteiger charge is 2.14. The van der Waals surface area contributed by atoms with Crippen LogP contribution in [0.15, 0.2) is 47.0 Å². The van der Waals surface area contributed by atoms with Crippen molar-refractivity contribution in [2.75, 3.05) is 21.3 Å². The number of rotatable bonds is 8. The lowest BCUT2D eigenvalue weighted by atomic mass is 10.1. The van der Waals surface area contributed by atoms with Crippen LogP contribution in [0.5, 0.6) is 11.5 Å². The topological polar surface area (TPSA) is 77.7 Å². The average Bonchev–Trinajstić information content (AvgIpc) is 3.21. The molecule has 0 saturated heterocycles. The Bertz CT molecular complexity index is 972. The van der Waals surface area contributed by atoms with Crippen molar-refractivity contribution >= 4 is 5.91 Å². The number of halogens is 1. The number of carbonyl (C=O) groups is 1. The first-order valence-corrected chi connectivity index (χ1v) is 9.03. The van der Waals surface area contributed by atoms with Gasteiger partial charge in [0.2, 0.25) is 17.6 Å². The van der Waals surface area contributed by atoms with Gasteiger partial charge in [0, 0.05) is 32.0 Å². The Morgan fingerprint density at radius 3 is 2.52 bits per heavy atom. The maximum Gasteiger partial charge on any atom is 0.227 e. The molecule has 3 rings (SSSR count). The van der Waals surface area contributed by atoms with Crippen LogP contribution in [0.4, 0.5) is 4.39 Å². The van der Waals surface area contributed by atoms with E-state index in [0.29, 0.717) is 41.7 Å². The first kappa shape index (κ1) is 20.3. The fraction of sp³-hybridized carbons (Fsp3) is 0.286. The van der Waals surface area contributed by atoms with E-state index in [9.17, 15) is 9.18 Å². The lowest BCUT2D eigenvalue weighted by Crippen LogP contribution is -2.26. The van der Waals surface area contributed by atoms with Crippen LogP contribution < -0.4 is 9.47 Å². The summed E-state index contributed by atoms with van der Waals surface area (Å²) in [4.78, 5) is 18.3. The minimum atomic E-state index is -0.333. The van der Waals surface area contributed by atoms with Gasteiger partial charge in [-0.05, 0) is 42.0 Å². The van der Waals surface area contributed by atoms with Crippen molar-refractivity contribution in [2.45, 2.75) is 19.4 Å². The van der Waals surface area contributed by atoms with Gasteiger partial charge in [-0.1, -0.05) is 11.2 Å². The number of hydrogen-bond acceptors (Lipinski definition) is 6. The molecular weight excluding hydrogens is 377 g/mol. The predicted octanol–water partition coefficient (Wildman–Crippen LogP) is 3.48. The molecule has 1 amide bonds. The summed E-state index contributed by atoms with van der Waals surface area (Å²) in [5, 5.41) is 3.88. The molecular formula is C21H22FN3O4. The Morgan fingerprint density at radius 2 is 1.83 bits per heavy atom. The molecule has 0 aliphatic rings. The Morgan fingerprint density at radius 1 is 1.10 bits per heavy atom. The summed E-state index contributed by atoms with van der Waals surface area (Å²) in [5.74, 6) is 1.59. The van der Waals surface area contributed by atoms with E-state index < -0.39 is 0 Å². The molecule has 0 spiro atoms. The predicted molar refractivity (Wildman–Crippen MR) is 104 cm³/mol. The van der Waals surface area contributed by atoms with Crippen LogP contribution in [0.1, 0.15) is 17.9 Å². The third-order valence-electron chi connectivity index (χ3n) is 4.42. The lowest BCUT2D eigenvalue weighted by molar-refractivity contribution is -0.130. The second kappa shape index (κ2) is 9.18. The van der Waals surface area contributed by atoms with E-state index in [1.165, 1.54) is 12.1 Å². The van der Waals surface area contributed by atoms with E-state index in [1.54, 1.807) is 38.3 Å². The largest absolute Gasteiger partial charge is 0.493 e. The molecule has 0 aliphatic carbocycles. The molecule has 0 N–H and O–H groups in total. The second-order valence-electron chi connectivity index (χ2n) is 6.46. The zero-order valence-corrected chi connectivity index (χ0v) is 16.5. The van der Waals surface area contributed by atoms with Gasteiger partial charge >= 0.3 is 0 Å². The summed E-state index contributed by atoms with van der Waals surface area (Å²) in [6.45, 7) is 0.434. The quantitative estimate of drug-likeness (QED) is 0.577. The summed E-state index contributed by atoms with van der Waals surface area (Å²) in [5.41, 5.74) is 1.58. The Labute approximate surface area is 168 Å². The minimum absolute atomic E-state index is 0.0543. The third-order valence-corrected chi connectivity index (χ3v) is 4.42. The average molecular weight is 399 g/mol. The van der Waals surface area contributed by atoms with E-state index in [0.717, 1.165) is 5.56 Å². The summed E-state index contributed by atoms with van der Waals surface area (Å²) in [6, 6.07) is 11.4. The molecule has 1 heterocycles. The molecule has 8 heteroatoms. The summed E-state index contributed by atoms with van der Waals surface area (Å²) >= 11 is 0. The molecule has 0 radical (unpaired) electrons. The SMILES string of the molecule is COc1ccc(CN(C)C(=O)CCc2nc(-c3ccc(F)cc3)no2)cc1OC. The number of ether oxygens (including phenoxy) is 2. The molecule has 3 aromatic rings. The van der Waals surface area contributed by atoms with Crippen molar-refractivity contribution in [3.8, 4) is 22.9 Å². The Kier molecular flexibility index (Phi) is 6.43. The second-order valence-corrected chi connectivity index (χ2v) is 6.46. The van der Waals surface area contributed by atoms with Crippen LogP contribution in [0.3, 0.4) is 0 Å². The van der Waals surface area contributed by atoms with E-state index in [4.69, 9.17) is 14.0 Å². The van der Waals surface area contributed by atoms with Gasteiger partial charge in [0.05, 0.1) is 14.2 Å².